The molecule has 2 nitrogen and oxygen atoms in total. The Labute approximate surface area is 128 Å². The van der Waals surface area contributed by atoms with Gasteiger partial charge in [-0.05, 0) is 38.4 Å². The van der Waals surface area contributed by atoms with Gasteiger partial charge in [-0.3, -0.25) is 0 Å². The van der Waals surface area contributed by atoms with Crippen LogP contribution < -0.4 is 5.32 Å². The first-order valence-corrected chi connectivity index (χ1v) is 8.36. The van der Waals surface area contributed by atoms with Gasteiger partial charge in [-0.2, -0.15) is 0 Å². The Morgan fingerprint density at radius 1 is 1.24 bits per heavy atom. The standard InChI is InChI=1S/C18H29FN2/c1-3-20-18(15-9-5-4-6-10-15)14-21(2)13-16-11-7-8-12-17(16)19/h7-8,11-12,15,18,20H,3-6,9-10,13-14H2,1-2H3. The summed E-state index contributed by atoms with van der Waals surface area (Å²) < 4.78 is 13.7. The Morgan fingerprint density at radius 3 is 2.62 bits per heavy atom. The second-order valence-corrected chi connectivity index (χ2v) is 6.35. The van der Waals surface area contributed by atoms with Crippen LogP contribution in [-0.4, -0.2) is 31.1 Å². The van der Waals surface area contributed by atoms with E-state index >= 15 is 0 Å². The Kier molecular flexibility index (Phi) is 6.65. The van der Waals surface area contributed by atoms with Gasteiger partial charge in [-0.25, -0.2) is 4.39 Å². The summed E-state index contributed by atoms with van der Waals surface area (Å²) in [5.74, 6) is 0.684. The zero-order valence-corrected chi connectivity index (χ0v) is 13.4. The van der Waals surface area contributed by atoms with Crippen molar-refractivity contribution in [3.8, 4) is 0 Å². The molecule has 1 aromatic carbocycles. The molecule has 0 amide bonds. The molecule has 1 fully saturated rings. The summed E-state index contributed by atoms with van der Waals surface area (Å²) in [6.45, 7) is 4.86. The minimum atomic E-state index is -0.0954. The predicted octanol–water partition coefficient (Wildman–Crippen LogP) is 3.82. The highest BCUT2D eigenvalue weighted by molar-refractivity contribution is 5.17. The highest BCUT2D eigenvalue weighted by atomic mass is 19.1. The van der Waals surface area contributed by atoms with Crippen LogP contribution in [-0.2, 0) is 6.54 Å². The molecule has 0 aliphatic heterocycles. The van der Waals surface area contributed by atoms with Gasteiger partial charge in [0.2, 0.25) is 0 Å². The quantitative estimate of drug-likeness (QED) is 0.822. The van der Waals surface area contributed by atoms with Gasteiger partial charge in [0.25, 0.3) is 0 Å². The zero-order chi connectivity index (χ0) is 15.1. The van der Waals surface area contributed by atoms with Crippen LogP contribution in [0.15, 0.2) is 24.3 Å². The summed E-state index contributed by atoms with van der Waals surface area (Å²) in [4.78, 5) is 2.25. The lowest BCUT2D eigenvalue weighted by Crippen LogP contribution is -2.45. The molecule has 1 unspecified atom stereocenters. The maximum Gasteiger partial charge on any atom is 0.127 e. The van der Waals surface area contributed by atoms with E-state index < -0.39 is 0 Å². The molecule has 0 radical (unpaired) electrons. The van der Waals surface area contributed by atoms with Crippen molar-refractivity contribution in [2.75, 3.05) is 20.1 Å². The Bertz CT molecular complexity index is 415. The molecule has 0 saturated heterocycles. The van der Waals surface area contributed by atoms with E-state index in [4.69, 9.17) is 0 Å². The van der Waals surface area contributed by atoms with Gasteiger partial charge >= 0.3 is 0 Å². The second-order valence-electron chi connectivity index (χ2n) is 6.35. The van der Waals surface area contributed by atoms with Crippen LogP contribution in [0.4, 0.5) is 4.39 Å². The van der Waals surface area contributed by atoms with Crippen molar-refractivity contribution in [3.63, 3.8) is 0 Å². The molecule has 1 aromatic rings. The smallest absolute Gasteiger partial charge is 0.127 e. The number of hydrogen-bond donors (Lipinski definition) is 1. The zero-order valence-electron chi connectivity index (χ0n) is 13.4. The lowest BCUT2D eigenvalue weighted by Gasteiger charge is -2.33. The predicted molar refractivity (Wildman–Crippen MR) is 86.8 cm³/mol. The Balaban J connectivity index is 1.91. The Hall–Kier alpha value is -0.930. The summed E-state index contributed by atoms with van der Waals surface area (Å²) in [6.07, 6.45) is 6.80. The molecular weight excluding hydrogens is 263 g/mol. The molecule has 1 saturated carbocycles. The number of hydrogen-bond acceptors (Lipinski definition) is 2. The summed E-state index contributed by atoms with van der Waals surface area (Å²) in [6, 6.07) is 7.63. The van der Waals surface area contributed by atoms with E-state index in [9.17, 15) is 4.39 Å². The summed E-state index contributed by atoms with van der Waals surface area (Å²) in [7, 11) is 2.10. The number of rotatable bonds is 7. The molecule has 0 heterocycles. The first kappa shape index (κ1) is 16.4. The van der Waals surface area contributed by atoms with Gasteiger partial charge in [-0.1, -0.05) is 44.4 Å². The molecule has 0 aromatic heterocycles. The van der Waals surface area contributed by atoms with Crippen molar-refractivity contribution in [2.45, 2.75) is 51.6 Å². The SMILES string of the molecule is CCNC(CN(C)Cc1ccccc1F)C1CCCCC1. The van der Waals surface area contributed by atoms with Crippen LogP contribution in [0.1, 0.15) is 44.6 Å². The summed E-state index contributed by atoms with van der Waals surface area (Å²) in [5.41, 5.74) is 0.791. The first-order valence-electron chi connectivity index (χ1n) is 8.36. The molecule has 3 heteroatoms. The molecule has 0 bridgehead atoms. The molecular formula is C18H29FN2. The van der Waals surface area contributed by atoms with Crippen molar-refractivity contribution >= 4 is 0 Å². The van der Waals surface area contributed by atoms with E-state index in [2.05, 4.69) is 24.2 Å². The van der Waals surface area contributed by atoms with Crippen LogP contribution in [0.2, 0.25) is 0 Å². The van der Waals surface area contributed by atoms with Crippen LogP contribution in [0.3, 0.4) is 0 Å². The van der Waals surface area contributed by atoms with E-state index in [0.29, 0.717) is 12.6 Å². The molecule has 2 rings (SSSR count). The third-order valence-electron chi connectivity index (χ3n) is 4.59. The monoisotopic (exact) mass is 292 g/mol. The van der Waals surface area contributed by atoms with Gasteiger partial charge in [0, 0.05) is 24.7 Å². The third-order valence-corrected chi connectivity index (χ3v) is 4.59. The molecule has 118 valence electrons. The third kappa shape index (κ3) is 5.08. The van der Waals surface area contributed by atoms with E-state index in [1.807, 2.05) is 12.1 Å². The molecule has 1 aliphatic rings. The normalized spacial score (nSPS) is 18.1. The van der Waals surface area contributed by atoms with Crippen LogP contribution in [0.25, 0.3) is 0 Å². The van der Waals surface area contributed by atoms with Crippen molar-refractivity contribution in [1.82, 2.24) is 10.2 Å². The minimum absolute atomic E-state index is 0.0954. The Morgan fingerprint density at radius 2 is 1.95 bits per heavy atom. The van der Waals surface area contributed by atoms with Crippen LogP contribution in [0.5, 0.6) is 0 Å². The van der Waals surface area contributed by atoms with Crippen molar-refractivity contribution in [1.29, 1.82) is 0 Å². The van der Waals surface area contributed by atoms with Gasteiger partial charge in [0.15, 0.2) is 0 Å². The fourth-order valence-electron chi connectivity index (χ4n) is 3.50. The van der Waals surface area contributed by atoms with E-state index in [0.717, 1.165) is 24.6 Å². The summed E-state index contributed by atoms with van der Waals surface area (Å²) in [5, 5.41) is 3.65. The fraction of sp³-hybridized carbons (Fsp3) is 0.667. The number of likely N-dealkylation sites (N-methyl/N-ethyl adjacent to an activating group) is 2. The number of benzene rings is 1. The first-order chi connectivity index (χ1) is 10.2. The van der Waals surface area contributed by atoms with Crippen molar-refractivity contribution in [2.24, 2.45) is 5.92 Å². The van der Waals surface area contributed by atoms with Gasteiger partial charge in [0.1, 0.15) is 5.82 Å². The lowest BCUT2D eigenvalue weighted by molar-refractivity contribution is 0.201. The minimum Gasteiger partial charge on any atom is -0.313 e. The maximum atomic E-state index is 13.7. The topological polar surface area (TPSA) is 15.3 Å². The largest absolute Gasteiger partial charge is 0.313 e. The average molecular weight is 292 g/mol. The van der Waals surface area contributed by atoms with E-state index in [1.165, 1.54) is 32.1 Å². The van der Waals surface area contributed by atoms with Crippen molar-refractivity contribution in [3.05, 3.63) is 35.6 Å². The average Bonchev–Trinajstić information content (AvgIpc) is 2.50. The highest BCUT2D eigenvalue weighted by Crippen LogP contribution is 2.27. The van der Waals surface area contributed by atoms with Gasteiger partial charge in [0.05, 0.1) is 0 Å². The number of nitrogens with one attached hydrogen (secondary N) is 1. The van der Waals surface area contributed by atoms with Gasteiger partial charge in [-0.15, -0.1) is 0 Å². The molecule has 1 N–H and O–H groups in total. The summed E-state index contributed by atoms with van der Waals surface area (Å²) >= 11 is 0. The van der Waals surface area contributed by atoms with E-state index in [-0.39, 0.29) is 5.82 Å². The second kappa shape index (κ2) is 8.50. The number of halogens is 1. The maximum absolute atomic E-state index is 13.7. The highest BCUT2D eigenvalue weighted by Gasteiger charge is 2.24. The van der Waals surface area contributed by atoms with E-state index in [1.54, 1.807) is 12.1 Å². The lowest BCUT2D eigenvalue weighted by atomic mass is 9.83. The number of nitrogens with zero attached hydrogens (tertiary/aromatic N) is 1. The van der Waals surface area contributed by atoms with Gasteiger partial charge < -0.3 is 10.2 Å². The van der Waals surface area contributed by atoms with Crippen LogP contribution >= 0.6 is 0 Å². The molecule has 0 spiro atoms. The fourth-order valence-corrected chi connectivity index (χ4v) is 3.50. The van der Waals surface area contributed by atoms with Crippen molar-refractivity contribution < 1.29 is 4.39 Å². The van der Waals surface area contributed by atoms with Crippen LogP contribution in [0, 0.1) is 11.7 Å². The molecule has 21 heavy (non-hydrogen) atoms. The molecule has 1 aliphatic carbocycles. The molecule has 1 atom stereocenters.